The van der Waals surface area contributed by atoms with E-state index in [1.165, 1.54) is 6.20 Å². The van der Waals surface area contributed by atoms with Gasteiger partial charge in [-0.15, -0.1) is 11.3 Å². The molecule has 3 rings (SSSR count). The summed E-state index contributed by atoms with van der Waals surface area (Å²) in [6.45, 7) is 0. The van der Waals surface area contributed by atoms with Gasteiger partial charge in [0.05, 0.1) is 18.9 Å². The number of thiazole rings is 1. The summed E-state index contributed by atoms with van der Waals surface area (Å²) in [5, 5.41) is 11.7. The first kappa shape index (κ1) is 12.6. The van der Waals surface area contributed by atoms with E-state index in [0.29, 0.717) is 10.8 Å². The molecule has 0 radical (unpaired) electrons. The number of ether oxygens (including phenoxy) is 1. The average molecular weight is 285 g/mol. The van der Waals surface area contributed by atoms with Crippen LogP contribution in [0.1, 0.15) is 9.67 Å². The number of aromatic nitrogens is 1. The van der Waals surface area contributed by atoms with Gasteiger partial charge in [-0.1, -0.05) is 30.3 Å². The highest BCUT2D eigenvalue weighted by Gasteiger charge is 2.16. The summed E-state index contributed by atoms with van der Waals surface area (Å²) in [5.74, 6) is -0.275. The molecule has 0 atom stereocenters. The summed E-state index contributed by atoms with van der Waals surface area (Å²) in [7, 11) is 1.60. The third-order valence-electron chi connectivity index (χ3n) is 3.04. The van der Waals surface area contributed by atoms with Crippen LogP contribution >= 0.6 is 11.3 Å². The smallest absolute Gasteiger partial charge is 0.347 e. The van der Waals surface area contributed by atoms with Gasteiger partial charge in [0.2, 0.25) is 0 Å². The van der Waals surface area contributed by atoms with Crippen LogP contribution < -0.4 is 4.74 Å². The van der Waals surface area contributed by atoms with Gasteiger partial charge in [0.1, 0.15) is 15.6 Å². The molecule has 5 heteroatoms. The van der Waals surface area contributed by atoms with Gasteiger partial charge in [0.15, 0.2) is 0 Å². The number of carboxylic acid groups (broad SMARTS) is 1. The van der Waals surface area contributed by atoms with E-state index in [4.69, 9.17) is 9.84 Å². The molecule has 4 nitrogen and oxygen atoms in total. The first-order valence-electron chi connectivity index (χ1n) is 5.96. The van der Waals surface area contributed by atoms with Crippen LogP contribution in [0.25, 0.3) is 21.3 Å². The number of carbonyl (C=O) groups is 1. The zero-order chi connectivity index (χ0) is 14.1. The van der Waals surface area contributed by atoms with E-state index in [2.05, 4.69) is 4.98 Å². The van der Waals surface area contributed by atoms with Crippen molar-refractivity contribution in [2.24, 2.45) is 0 Å². The number of benzene rings is 2. The Hall–Kier alpha value is -2.40. The fourth-order valence-electron chi connectivity index (χ4n) is 2.13. The highest BCUT2D eigenvalue weighted by atomic mass is 32.1. The second-order valence-corrected chi connectivity index (χ2v) is 5.23. The van der Waals surface area contributed by atoms with Crippen LogP contribution in [0.3, 0.4) is 0 Å². The lowest BCUT2D eigenvalue weighted by Gasteiger charge is -2.09. The minimum atomic E-state index is -0.965. The molecule has 100 valence electrons. The lowest BCUT2D eigenvalue weighted by Crippen LogP contribution is -1.90. The maximum absolute atomic E-state index is 11.0. The number of carboxylic acids is 1. The van der Waals surface area contributed by atoms with Crippen LogP contribution in [0.2, 0.25) is 0 Å². The highest BCUT2D eigenvalue weighted by Crippen LogP contribution is 2.38. The molecule has 1 heterocycles. The Morgan fingerprint density at radius 2 is 2.05 bits per heavy atom. The number of rotatable bonds is 3. The third kappa shape index (κ3) is 2.02. The van der Waals surface area contributed by atoms with Crippen molar-refractivity contribution in [3.8, 4) is 16.3 Å². The quantitative estimate of drug-likeness (QED) is 0.797. The van der Waals surface area contributed by atoms with Gasteiger partial charge < -0.3 is 9.84 Å². The van der Waals surface area contributed by atoms with Crippen molar-refractivity contribution >= 4 is 28.1 Å². The molecule has 0 amide bonds. The molecule has 0 spiro atoms. The number of hydrogen-bond acceptors (Lipinski definition) is 4. The Morgan fingerprint density at radius 1 is 1.25 bits per heavy atom. The van der Waals surface area contributed by atoms with Gasteiger partial charge in [-0.05, 0) is 16.8 Å². The van der Waals surface area contributed by atoms with Crippen molar-refractivity contribution in [2.75, 3.05) is 7.11 Å². The molecular formula is C15H11NO3S. The average Bonchev–Trinajstić information content (AvgIpc) is 2.95. The van der Waals surface area contributed by atoms with Gasteiger partial charge in [-0.25, -0.2) is 9.78 Å². The predicted octanol–water partition coefficient (Wildman–Crippen LogP) is 3.67. The molecule has 3 aromatic rings. The van der Waals surface area contributed by atoms with Gasteiger partial charge in [-0.2, -0.15) is 0 Å². The second-order valence-electron chi connectivity index (χ2n) is 4.20. The standard InChI is InChI=1S/C15H11NO3S/c1-19-11-7-6-9-4-2-3-5-10(9)13(11)14-16-8-12(20-14)15(17)18/h2-8H,1H3,(H,17,18). The van der Waals surface area contributed by atoms with E-state index in [-0.39, 0.29) is 4.88 Å². The van der Waals surface area contributed by atoms with E-state index >= 15 is 0 Å². The van der Waals surface area contributed by atoms with E-state index in [9.17, 15) is 4.79 Å². The van der Waals surface area contributed by atoms with Crippen molar-refractivity contribution in [1.82, 2.24) is 4.98 Å². The monoisotopic (exact) mass is 285 g/mol. The maximum Gasteiger partial charge on any atom is 0.347 e. The fraction of sp³-hybridized carbons (Fsp3) is 0.0667. The van der Waals surface area contributed by atoms with E-state index in [1.54, 1.807) is 7.11 Å². The molecule has 1 aromatic heterocycles. The Morgan fingerprint density at radius 3 is 2.75 bits per heavy atom. The zero-order valence-electron chi connectivity index (χ0n) is 10.7. The fourth-order valence-corrected chi connectivity index (χ4v) is 2.95. The topological polar surface area (TPSA) is 59.4 Å². The molecule has 0 fully saturated rings. The summed E-state index contributed by atoms with van der Waals surface area (Å²) < 4.78 is 5.40. The van der Waals surface area contributed by atoms with Crippen LogP contribution in [0.15, 0.2) is 42.6 Å². The summed E-state index contributed by atoms with van der Waals surface area (Å²) in [5.41, 5.74) is 0.836. The summed E-state index contributed by atoms with van der Waals surface area (Å²) >= 11 is 1.15. The first-order chi connectivity index (χ1) is 9.70. The number of methoxy groups -OCH3 is 1. The van der Waals surface area contributed by atoms with Crippen molar-refractivity contribution in [3.05, 3.63) is 47.5 Å². The molecule has 0 aliphatic carbocycles. The molecule has 0 unspecified atom stereocenters. The zero-order valence-corrected chi connectivity index (χ0v) is 11.5. The van der Waals surface area contributed by atoms with Crippen molar-refractivity contribution in [3.63, 3.8) is 0 Å². The van der Waals surface area contributed by atoms with E-state index in [1.807, 2.05) is 36.4 Å². The van der Waals surface area contributed by atoms with Crippen LogP contribution in [-0.4, -0.2) is 23.2 Å². The van der Waals surface area contributed by atoms with Crippen LogP contribution in [0.5, 0.6) is 5.75 Å². The lowest BCUT2D eigenvalue weighted by atomic mass is 10.0. The number of fused-ring (bicyclic) bond motifs is 1. The molecule has 0 saturated carbocycles. The van der Waals surface area contributed by atoms with E-state index < -0.39 is 5.97 Å². The van der Waals surface area contributed by atoms with Gasteiger partial charge in [-0.3, -0.25) is 0 Å². The summed E-state index contributed by atoms with van der Waals surface area (Å²) in [6.07, 6.45) is 1.38. The molecule has 0 aliphatic heterocycles. The minimum absolute atomic E-state index is 0.218. The van der Waals surface area contributed by atoms with Crippen LogP contribution in [-0.2, 0) is 0 Å². The molecule has 2 aromatic carbocycles. The Kier molecular flexibility index (Phi) is 3.12. The minimum Gasteiger partial charge on any atom is -0.496 e. The van der Waals surface area contributed by atoms with Crippen molar-refractivity contribution in [2.45, 2.75) is 0 Å². The van der Waals surface area contributed by atoms with E-state index in [0.717, 1.165) is 27.7 Å². The highest BCUT2D eigenvalue weighted by molar-refractivity contribution is 7.17. The Labute approximate surface area is 119 Å². The molecule has 0 bridgehead atoms. The molecule has 0 aliphatic rings. The molecule has 1 N–H and O–H groups in total. The second kappa shape index (κ2) is 4.94. The molecule has 0 saturated heterocycles. The number of nitrogens with zero attached hydrogens (tertiary/aromatic N) is 1. The summed E-state index contributed by atoms with van der Waals surface area (Å²) in [4.78, 5) is 15.4. The van der Waals surface area contributed by atoms with Crippen LogP contribution in [0.4, 0.5) is 0 Å². The number of aromatic carboxylic acids is 1. The largest absolute Gasteiger partial charge is 0.496 e. The van der Waals surface area contributed by atoms with Crippen molar-refractivity contribution < 1.29 is 14.6 Å². The normalized spacial score (nSPS) is 10.7. The summed E-state index contributed by atoms with van der Waals surface area (Å²) in [6, 6.07) is 11.7. The lowest BCUT2D eigenvalue weighted by molar-refractivity contribution is 0.0702. The maximum atomic E-state index is 11.0. The SMILES string of the molecule is COc1ccc2ccccc2c1-c1ncc(C(=O)O)s1. The Bertz CT molecular complexity index is 795. The molecular weight excluding hydrogens is 274 g/mol. The first-order valence-corrected chi connectivity index (χ1v) is 6.77. The third-order valence-corrected chi connectivity index (χ3v) is 4.04. The Balaban J connectivity index is 2.29. The molecule has 20 heavy (non-hydrogen) atoms. The van der Waals surface area contributed by atoms with Gasteiger partial charge in [0.25, 0.3) is 0 Å². The van der Waals surface area contributed by atoms with Crippen molar-refractivity contribution in [1.29, 1.82) is 0 Å². The van der Waals surface area contributed by atoms with Gasteiger partial charge in [0, 0.05) is 0 Å². The number of hydrogen-bond donors (Lipinski definition) is 1. The van der Waals surface area contributed by atoms with Crippen LogP contribution in [0, 0.1) is 0 Å². The predicted molar refractivity (Wildman–Crippen MR) is 78.6 cm³/mol. The van der Waals surface area contributed by atoms with Gasteiger partial charge >= 0.3 is 5.97 Å².